The molecule has 2 rings (SSSR count). The molecule has 0 aromatic carbocycles. The molecular formula is C15H22N6O6. The molecular weight excluding hydrogens is 360 g/mol. The molecule has 1 aliphatic carbocycles. The first-order valence-corrected chi connectivity index (χ1v) is 8.29. The zero-order valence-electron chi connectivity index (χ0n) is 14.6. The second-order valence-electron chi connectivity index (χ2n) is 6.60. The number of carboxylic acids is 1. The number of nitrogens with zero attached hydrogens (tertiary/aromatic N) is 3. The van der Waals surface area contributed by atoms with Gasteiger partial charge in [0.05, 0.1) is 18.8 Å². The van der Waals surface area contributed by atoms with Gasteiger partial charge < -0.3 is 36.1 Å². The standard InChI is InChI=1S/C15H22N6O6/c1-7(23)10(17)11-20-21-13(27-11)15(4-8(5-15)2-3-16)19-14(26)18-9(6-22)12(24)25/h7-10,22-23H,2,4-6,17H2,1H3,(H,24,25)(H2,18,19,26)/t7-,8?,9-,10-,15?/m0/s1. The monoisotopic (exact) mass is 382 g/mol. The zero-order valence-corrected chi connectivity index (χ0v) is 14.6. The van der Waals surface area contributed by atoms with Crippen molar-refractivity contribution >= 4 is 12.0 Å². The van der Waals surface area contributed by atoms with Crippen molar-refractivity contribution in [2.45, 2.75) is 49.9 Å². The molecule has 1 aromatic rings. The third kappa shape index (κ3) is 4.51. The number of rotatable bonds is 8. The molecule has 148 valence electrons. The average Bonchev–Trinajstić information content (AvgIpc) is 3.06. The number of urea groups is 1. The lowest BCUT2D eigenvalue weighted by Gasteiger charge is -2.44. The summed E-state index contributed by atoms with van der Waals surface area (Å²) in [5.41, 5.74) is 4.68. The smallest absolute Gasteiger partial charge is 0.328 e. The van der Waals surface area contributed by atoms with Gasteiger partial charge in [0.15, 0.2) is 6.04 Å². The largest absolute Gasteiger partial charge is 0.480 e. The second-order valence-corrected chi connectivity index (χ2v) is 6.60. The maximum absolute atomic E-state index is 12.2. The van der Waals surface area contributed by atoms with Gasteiger partial charge >= 0.3 is 12.0 Å². The summed E-state index contributed by atoms with van der Waals surface area (Å²) in [6.45, 7) is 0.685. The molecule has 1 aliphatic rings. The summed E-state index contributed by atoms with van der Waals surface area (Å²) >= 11 is 0. The number of aromatic nitrogens is 2. The number of carbonyl (C=O) groups excluding carboxylic acids is 1. The zero-order chi connectivity index (χ0) is 20.2. The predicted molar refractivity (Wildman–Crippen MR) is 87.7 cm³/mol. The van der Waals surface area contributed by atoms with Crippen LogP contribution in [0.3, 0.4) is 0 Å². The highest BCUT2D eigenvalue weighted by Crippen LogP contribution is 2.46. The van der Waals surface area contributed by atoms with E-state index in [1.807, 2.05) is 6.07 Å². The quantitative estimate of drug-likeness (QED) is 0.313. The van der Waals surface area contributed by atoms with Crippen molar-refractivity contribution in [3.05, 3.63) is 11.8 Å². The molecule has 1 fully saturated rings. The molecule has 1 aromatic heterocycles. The van der Waals surface area contributed by atoms with Crippen molar-refractivity contribution in [1.82, 2.24) is 20.8 Å². The lowest BCUT2D eigenvalue weighted by atomic mass is 9.67. The van der Waals surface area contributed by atoms with Gasteiger partial charge in [-0.25, -0.2) is 9.59 Å². The van der Waals surface area contributed by atoms with Crippen LogP contribution in [0.15, 0.2) is 4.42 Å². The van der Waals surface area contributed by atoms with Crippen LogP contribution in [0.1, 0.15) is 44.0 Å². The molecule has 27 heavy (non-hydrogen) atoms. The Morgan fingerprint density at radius 2 is 2.15 bits per heavy atom. The van der Waals surface area contributed by atoms with Crippen LogP contribution in [0.4, 0.5) is 4.79 Å². The number of nitrogens with two attached hydrogens (primary N) is 1. The number of aliphatic hydroxyl groups is 2. The average molecular weight is 382 g/mol. The molecule has 1 heterocycles. The minimum atomic E-state index is -1.47. The fourth-order valence-corrected chi connectivity index (χ4v) is 2.90. The van der Waals surface area contributed by atoms with E-state index in [1.54, 1.807) is 0 Å². The summed E-state index contributed by atoms with van der Waals surface area (Å²) in [5.74, 6) is -1.36. The Bertz CT molecular complexity index is 723. The molecule has 0 radical (unpaired) electrons. The van der Waals surface area contributed by atoms with Gasteiger partial charge in [-0.1, -0.05) is 0 Å². The second kappa shape index (κ2) is 8.30. The van der Waals surface area contributed by atoms with Crippen LogP contribution in [0.25, 0.3) is 0 Å². The number of nitriles is 1. The molecule has 0 saturated heterocycles. The third-order valence-electron chi connectivity index (χ3n) is 4.45. The Morgan fingerprint density at radius 3 is 2.67 bits per heavy atom. The summed E-state index contributed by atoms with van der Waals surface area (Å²) in [7, 11) is 0. The lowest BCUT2D eigenvalue weighted by Crippen LogP contribution is -2.59. The molecule has 12 nitrogen and oxygen atoms in total. The van der Waals surface area contributed by atoms with Gasteiger partial charge in [-0.15, -0.1) is 10.2 Å². The van der Waals surface area contributed by atoms with E-state index in [-0.39, 0.29) is 24.1 Å². The molecule has 1 saturated carbocycles. The number of hydrogen-bond acceptors (Lipinski definition) is 9. The molecule has 7 N–H and O–H groups in total. The van der Waals surface area contributed by atoms with E-state index < -0.39 is 42.3 Å². The van der Waals surface area contributed by atoms with Gasteiger partial charge in [-0.05, 0) is 25.7 Å². The Balaban J connectivity index is 2.18. The molecule has 12 heteroatoms. The topological polar surface area (TPSA) is 208 Å². The highest BCUT2D eigenvalue weighted by molar-refractivity contribution is 5.83. The maximum Gasteiger partial charge on any atom is 0.328 e. The fraction of sp³-hybridized carbons (Fsp3) is 0.667. The van der Waals surface area contributed by atoms with Gasteiger partial charge in [-0.3, -0.25) is 0 Å². The summed E-state index contributed by atoms with van der Waals surface area (Å²) < 4.78 is 5.52. The van der Waals surface area contributed by atoms with Crippen LogP contribution < -0.4 is 16.4 Å². The first kappa shape index (κ1) is 20.6. The molecule has 0 bridgehead atoms. The lowest BCUT2D eigenvalue weighted by molar-refractivity contribution is -0.140. The van der Waals surface area contributed by atoms with E-state index in [4.69, 9.17) is 25.6 Å². The highest BCUT2D eigenvalue weighted by Gasteiger charge is 2.51. The first-order chi connectivity index (χ1) is 12.7. The van der Waals surface area contributed by atoms with E-state index in [0.29, 0.717) is 12.8 Å². The number of carboxylic acid groups (broad SMARTS) is 1. The van der Waals surface area contributed by atoms with Crippen molar-refractivity contribution in [3.8, 4) is 6.07 Å². The van der Waals surface area contributed by atoms with Crippen LogP contribution >= 0.6 is 0 Å². The molecule has 0 aliphatic heterocycles. The van der Waals surface area contributed by atoms with Gasteiger partial charge in [-0.2, -0.15) is 5.26 Å². The molecule has 3 atom stereocenters. The van der Waals surface area contributed by atoms with E-state index in [9.17, 15) is 14.7 Å². The van der Waals surface area contributed by atoms with Gasteiger partial charge in [0.25, 0.3) is 0 Å². The Hall–Kier alpha value is -2.75. The fourth-order valence-electron chi connectivity index (χ4n) is 2.90. The normalized spacial score (nSPS) is 24.8. The molecule has 0 spiro atoms. The van der Waals surface area contributed by atoms with Gasteiger partial charge in [0, 0.05) is 6.42 Å². The van der Waals surface area contributed by atoms with Crippen LogP contribution in [0.5, 0.6) is 0 Å². The van der Waals surface area contributed by atoms with Crippen molar-refractivity contribution in [2.24, 2.45) is 11.7 Å². The van der Waals surface area contributed by atoms with Crippen LogP contribution in [0, 0.1) is 17.2 Å². The van der Waals surface area contributed by atoms with E-state index >= 15 is 0 Å². The van der Waals surface area contributed by atoms with E-state index in [1.165, 1.54) is 6.92 Å². The van der Waals surface area contributed by atoms with E-state index in [0.717, 1.165) is 0 Å². The summed E-state index contributed by atoms with van der Waals surface area (Å²) in [6, 6.07) is -1.17. The summed E-state index contributed by atoms with van der Waals surface area (Å²) in [5, 5.41) is 48.8. The van der Waals surface area contributed by atoms with Crippen molar-refractivity contribution in [3.63, 3.8) is 0 Å². The number of aliphatic hydroxyl groups excluding tert-OH is 2. The van der Waals surface area contributed by atoms with Gasteiger partial charge in [0.2, 0.25) is 11.8 Å². The SMILES string of the molecule is C[C@H](O)[C@H](N)c1nnc(C2(NC(=O)N[C@@H](CO)C(=O)O)CC(CC#N)C2)o1. The predicted octanol–water partition coefficient (Wildman–Crippen LogP) is -1.29. The minimum Gasteiger partial charge on any atom is -0.480 e. The van der Waals surface area contributed by atoms with E-state index in [2.05, 4.69) is 20.8 Å². The maximum atomic E-state index is 12.2. The Kier molecular flexibility index (Phi) is 6.32. The third-order valence-corrected chi connectivity index (χ3v) is 4.45. The van der Waals surface area contributed by atoms with Crippen LogP contribution in [-0.4, -0.2) is 56.3 Å². The Morgan fingerprint density at radius 1 is 1.48 bits per heavy atom. The number of nitrogens with one attached hydrogen (secondary N) is 2. The number of amides is 2. The van der Waals surface area contributed by atoms with Crippen LogP contribution in [-0.2, 0) is 10.3 Å². The van der Waals surface area contributed by atoms with Gasteiger partial charge in [0.1, 0.15) is 11.6 Å². The molecule has 0 unspecified atom stereocenters. The number of hydrogen-bond donors (Lipinski definition) is 6. The summed E-state index contributed by atoms with van der Waals surface area (Å²) in [4.78, 5) is 23.1. The first-order valence-electron chi connectivity index (χ1n) is 8.29. The van der Waals surface area contributed by atoms with Crippen molar-refractivity contribution < 1.29 is 29.3 Å². The number of aliphatic carboxylic acids is 1. The van der Waals surface area contributed by atoms with Crippen molar-refractivity contribution in [1.29, 1.82) is 5.26 Å². The molecule has 2 amide bonds. The summed E-state index contributed by atoms with van der Waals surface area (Å²) in [6.07, 6.45) is -0.000415. The Labute approximate surface area is 154 Å². The minimum absolute atomic E-state index is 0.01000. The van der Waals surface area contributed by atoms with Crippen molar-refractivity contribution in [2.75, 3.05) is 6.61 Å². The highest BCUT2D eigenvalue weighted by atomic mass is 16.4. The number of carbonyl (C=O) groups is 2. The van der Waals surface area contributed by atoms with Crippen LogP contribution in [0.2, 0.25) is 0 Å².